The lowest BCUT2D eigenvalue weighted by atomic mass is 9.87. The van der Waals surface area contributed by atoms with Gasteiger partial charge in [0.2, 0.25) is 5.91 Å². The lowest BCUT2D eigenvalue weighted by Gasteiger charge is -2.26. The molecular weight excluding hydrogens is 510 g/mol. The summed E-state index contributed by atoms with van der Waals surface area (Å²) in [4.78, 5) is 29.6. The number of hydrogen-bond acceptors (Lipinski definition) is 7. The minimum absolute atomic E-state index is 0.0824. The minimum atomic E-state index is -1.19. The number of carbonyl (C=O) groups is 2. The van der Waals surface area contributed by atoms with Crippen LogP contribution in [0.2, 0.25) is 25.7 Å². The van der Waals surface area contributed by atoms with E-state index in [2.05, 4.69) is 54.1 Å². The molecule has 0 saturated carbocycles. The number of rotatable bonds is 12. The second kappa shape index (κ2) is 12.7. The Morgan fingerprint density at radius 3 is 2.41 bits per heavy atom. The van der Waals surface area contributed by atoms with E-state index < -0.39 is 32.2 Å². The molecule has 1 saturated heterocycles. The van der Waals surface area contributed by atoms with Gasteiger partial charge in [-0.3, -0.25) is 4.79 Å². The molecular formula is C29H39N5O4Si. The van der Waals surface area contributed by atoms with E-state index >= 15 is 0 Å². The molecule has 0 spiro atoms. The summed E-state index contributed by atoms with van der Waals surface area (Å²) >= 11 is 0. The van der Waals surface area contributed by atoms with Gasteiger partial charge in [0, 0.05) is 27.0 Å². The highest BCUT2D eigenvalue weighted by Crippen LogP contribution is 2.35. The Kier molecular flexibility index (Phi) is 9.29. The maximum Gasteiger partial charge on any atom is 0.417 e. The average molecular weight is 550 g/mol. The van der Waals surface area contributed by atoms with Crippen molar-refractivity contribution in [2.75, 3.05) is 6.61 Å². The van der Waals surface area contributed by atoms with E-state index in [1.165, 1.54) is 9.70 Å². The second-order valence-corrected chi connectivity index (χ2v) is 17.2. The zero-order valence-corrected chi connectivity index (χ0v) is 24.5. The summed E-state index contributed by atoms with van der Waals surface area (Å²) in [5.41, 5.74) is 1.99. The molecule has 0 N–H and O–H groups in total. The van der Waals surface area contributed by atoms with Crippen LogP contribution in [-0.2, 0) is 27.4 Å². The number of hydrogen-bond donors (Lipinski definition) is 0. The summed E-state index contributed by atoms with van der Waals surface area (Å²) < 4.78 is 11.4. The number of amides is 2. The molecule has 4 rings (SSSR count). The third-order valence-corrected chi connectivity index (χ3v) is 8.82. The number of aromatic nitrogens is 4. The van der Waals surface area contributed by atoms with Crippen molar-refractivity contribution in [3.8, 4) is 0 Å². The predicted molar refractivity (Wildman–Crippen MR) is 151 cm³/mol. The molecule has 2 aromatic carbocycles. The lowest BCUT2D eigenvalue weighted by Crippen LogP contribution is -2.42. The van der Waals surface area contributed by atoms with Crippen LogP contribution in [-0.4, -0.2) is 57.8 Å². The van der Waals surface area contributed by atoms with E-state index in [0.29, 0.717) is 18.9 Å². The Labute approximate surface area is 231 Å². The SMILES string of the molecule is CC(C[C@@H](Cc1nnn(COCC[Si](C)(C)C)n1)C(=O)N1C(=O)O[C@@H](c2ccccc2)[C@H]1C)c1ccccc1. The zero-order chi connectivity index (χ0) is 28.0. The highest BCUT2D eigenvalue weighted by Gasteiger charge is 2.45. The van der Waals surface area contributed by atoms with Crippen molar-refractivity contribution in [3.63, 3.8) is 0 Å². The van der Waals surface area contributed by atoms with Crippen molar-refractivity contribution in [3.05, 3.63) is 77.6 Å². The molecule has 4 atom stereocenters. The predicted octanol–water partition coefficient (Wildman–Crippen LogP) is 5.45. The first-order valence-corrected chi connectivity index (χ1v) is 17.3. The minimum Gasteiger partial charge on any atom is -0.439 e. The molecule has 39 heavy (non-hydrogen) atoms. The van der Waals surface area contributed by atoms with Gasteiger partial charge in [0.1, 0.15) is 6.10 Å². The number of benzene rings is 2. The first-order valence-electron chi connectivity index (χ1n) is 13.6. The number of imide groups is 1. The molecule has 2 amide bonds. The second-order valence-electron chi connectivity index (χ2n) is 11.5. The highest BCUT2D eigenvalue weighted by molar-refractivity contribution is 6.76. The number of tetrazole rings is 1. The first kappa shape index (κ1) is 28.6. The van der Waals surface area contributed by atoms with Crippen LogP contribution >= 0.6 is 0 Å². The maximum atomic E-state index is 13.9. The molecule has 1 aliphatic rings. The summed E-state index contributed by atoms with van der Waals surface area (Å²) in [5.74, 6) is -0.284. The topological polar surface area (TPSA) is 99.4 Å². The van der Waals surface area contributed by atoms with Gasteiger partial charge in [-0.05, 0) is 41.6 Å². The fourth-order valence-corrected chi connectivity index (χ4v) is 5.57. The van der Waals surface area contributed by atoms with Crippen molar-refractivity contribution in [1.29, 1.82) is 0 Å². The lowest BCUT2D eigenvalue weighted by molar-refractivity contribution is -0.133. The van der Waals surface area contributed by atoms with Crippen LogP contribution < -0.4 is 0 Å². The van der Waals surface area contributed by atoms with E-state index in [-0.39, 0.29) is 25.0 Å². The largest absolute Gasteiger partial charge is 0.439 e. The van der Waals surface area contributed by atoms with Crippen LogP contribution in [0.3, 0.4) is 0 Å². The number of cyclic esters (lactones) is 1. The molecule has 1 aromatic heterocycles. The number of nitrogens with zero attached hydrogens (tertiary/aromatic N) is 5. The van der Waals surface area contributed by atoms with Gasteiger partial charge >= 0.3 is 6.09 Å². The smallest absolute Gasteiger partial charge is 0.417 e. The summed E-state index contributed by atoms with van der Waals surface area (Å²) in [5, 5.41) is 12.8. The van der Waals surface area contributed by atoms with E-state index in [9.17, 15) is 9.59 Å². The molecule has 0 radical (unpaired) electrons. The van der Waals surface area contributed by atoms with Crippen LogP contribution in [0.15, 0.2) is 60.7 Å². The van der Waals surface area contributed by atoms with Gasteiger partial charge in [-0.2, -0.15) is 0 Å². The van der Waals surface area contributed by atoms with E-state index in [1.54, 1.807) is 0 Å². The van der Waals surface area contributed by atoms with Crippen molar-refractivity contribution in [1.82, 2.24) is 25.1 Å². The molecule has 2 heterocycles. The maximum absolute atomic E-state index is 13.9. The average Bonchev–Trinajstić information content (AvgIpc) is 3.49. The Balaban J connectivity index is 1.49. The summed E-state index contributed by atoms with van der Waals surface area (Å²) in [6.45, 7) is 11.7. The first-order chi connectivity index (χ1) is 18.6. The van der Waals surface area contributed by atoms with Gasteiger partial charge in [-0.15, -0.1) is 15.0 Å². The van der Waals surface area contributed by atoms with Gasteiger partial charge in [-0.25, -0.2) is 9.69 Å². The van der Waals surface area contributed by atoms with E-state index in [4.69, 9.17) is 9.47 Å². The van der Waals surface area contributed by atoms with Crippen LogP contribution in [0.5, 0.6) is 0 Å². The van der Waals surface area contributed by atoms with Gasteiger partial charge in [0.25, 0.3) is 0 Å². The van der Waals surface area contributed by atoms with Gasteiger partial charge < -0.3 is 9.47 Å². The third kappa shape index (κ3) is 7.60. The molecule has 1 aliphatic heterocycles. The van der Waals surface area contributed by atoms with Crippen molar-refractivity contribution >= 4 is 20.1 Å². The molecule has 3 aromatic rings. The van der Waals surface area contributed by atoms with E-state index in [0.717, 1.165) is 17.2 Å². The normalized spacial score (nSPS) is 19.1. The van der Waals surface area contributed by atoms with E-state index in [1.807, 2.05) is 55.5 Å². The number of carbonyl (C=O) groups excluding carboxylic acids is 2. The fourth-order valence-electron chi connectivity index (χ4n) is 4.82. The van der Waals surface area contributed by atoms with Gasteiger partial charge in [0.05, 0.1) is 6.04 Å². The third-order valence-electron chi connectivity index (χ3n) is 7.12. The number of ether oxygens (including phenoxy) is 2. The Hall–Kier alpha value is -3.37. The van der Waals surface area contributed by atoms with Crippen LogP contribution in [0.25, 0.3) is 0 Å². The van der Waals surface area contributed by atoms with Crippen LogP contribution in [0.4, 0.5) is 4.79 Å². The monoisotopic (exact) mass is 549 g/mol. The Bertz CT molecular complexity index is 1230. The summed E-state index contributed by atoms with van der Waals surface area (Å²) in [6, 6.07) is 20.2. The van der Waals surface area contributed by atoms with Gasteiger partial charge in [-0.1, -0.05) is 87.2 Å². The zero-order valence-electron chi connectivity index (χ0n) is 23.5. The summed E-state index contributed by atoms with van der Waals surface area (Å²) in [6.07, 6.45) is -0.345. The van der Waals surface area contributed by atoms with Gasteiger partial charge in [0.15, 0.2) is 12.6 Å². The van der Waals surface area contributed by atoms with Crippen molar-refractivity contribution in [2.24, 2.45) is 5.92 Å². The van der Waals surface area contributed by atoms with Crippen molar-refractivity contribution < 1.29 is 19.1 Å². The van der Waals surface area contributed by atoms with Crippen molar-refractivity contribution in [2.45, 2.75) is 77.2 Å². The molecule has 9 nitrogen and oxygen atoms in total. The quantitative estimate of drug-likeness (QED) is 0.219. The molecule has 0 aliphatic carbocycles. The Morgan fingerprint density at radius 1 is 1.08 bits per heavy atom. The van der Waals surface area contributed by atoms with Crippen LogP contribution in [0, 0.1) is 5.92 Å². The molecule has 1 unspecified atom stereocenters. The molecule has 208 valence electrons. The van der Waals surface area contributed by atoms with Crippen LogP contribution in [0.1, 0.15) is 49.2 Å². The standard InChI is InChI=1S/C29H39N5O4Si/c1-21(23-12-8-6-9-13-23)18-25(19-26-30-32-33(31-26)20-37-16-17-39(3,4)5)28(35)34-22(2)27(38-29(34)36)24-14-10-7-11-15-24/h6-15,21-22,25,27H,16-20H2,1-5H3/t21?,22-,25+,27-/m1/s1. The fraction of sp³-hybridized carbons (Fsp3) is 0.483. The molecule has 0 bridgehead atoms. The summed E-state index contributed by atoms with van der Waals surface area (Å²) in [7, 11) is -1.19. The highest BCUT2D eigenvalue weighted by atomic mass is 28.3. The molecule has 1 fully saturated rings. The molecule has 10 heteroatoms. The Morgan fingerprint density at radius 2 is 1.74 bits per heavy atom.